The lowest BCUT2D eigenvalue weighted by molar-refractivity contribution is -0.152. The Morgan fingerprint density at radius 1 is 1.05 bits per heavy atom. The number of nitrogens with two attached hydrogens (primary N) is 1. The van der Waals surface area contributed by atoms with Gasteiger partial charge in [-0.25, -0.2) is 9.97 Å². The van der Waals surface area contributed by atoms with Crippen LogP contribution in [0.2, 0.25) is 10.0 Å². The van der Waals surface area contributed by atoms with Crippen LogP contribution >= 0.6 is 23.2 Å². The predicted molar refractivity (Wildman–Crippen MR) is 156 cm³/mol. The van der Waals surface area contributed by atoms with Gasteiger partial charge in [0.15, 0.2) is 11.6 Å². The van der Waals surface area contributed by atoms with E-state index in [0.29, 0.717) is 46.6 Å². The number of aromatic nitrogens is 2. The topological polar surface area (TPSA) is 131 Å². The second-order valence-corrected chi connectivity index (χ2v) is 11.0. The zero-order valence-corrected chi connectivity index (χ0v) is 23.5. The molecule has 2 aliphatic rings. The number of anilines is 2. The van der Waals surface area contributed by atoms with Crippen LogP contribution in [0.15, 0.2) is 48.7 Å². The molecule has 0 radical (unpaired) electrons. The Bertz CT molecular complexity index is 1340. The number of ether oxygens (including phenoxy) is 1. The molecule has 1 saturated carbocycles. The summed E-state index contributed by atoms with van der Waals surface area (Å²) in [5.41, 5.74) is 8.66. The summed E-state index contributed by atoms with van der Waals surface area (Å²) in [6.07, 6.45) is 6.94. The number of amides is 1. The van der Waals surface area contributed by atoms with Crippen molar-refractivity contribution in [3.05, 3.63) is 69.8 Å². The Morgan fingerprint density at radius 3 is 2.50 bits per heavy atom. The van der Waals surface area contributed by atoms with E-state index in [4.69, 9.17) is 33.7 Å². The molecule has 40 heavy (non-hydrogen) atoms. The van der Waals surface area contributed by atoms with Gasteiger partial charge in [-0.2, -0.15) is 0 Å². The van der Waals surface area contributed by atoms with Gasteiger partial charge in [-0.1, -0.05) is 41.4 Å². The maximum absolute atomic E-state index is 13.0. The molecule has 9 nitrogen and oxygen atoms in total. The van der Waals surface area contributed by atoms with Gasteiger partial charge in [0.2, 0.25) is 0 Å². The smallest absolute Gasteiger partial charge is 0.323 e. The maximum Gasteiger partial charge on any atom is 0.323 e. The van der Waals surface area contributed by atoms with E-state index < -0.39 is 6.04 Å². The first-order valence-corrected chi connectivity index (χ1v) is 14.3. The highest BCUT2D eigenvalue weighted by Gasteiger charge is 2.31. The number of rotatable bonds is 8. The Labute approximate surface area is 243 Å². The highest BCUT2D eigenvalue weighted by molar-refractivity contribution is 6.36. The molecular weight excluding hydrogens is 551 g/mol. The summed E-state index contributed by atoms with van der Waals surface area (Å²) in [5.74, 6) is 0.241. The Hall–Kier alpha value is -3.40. The van der Waals surface area contributed by atoms with E-state index >= 15 is 0 Å². The van der Waals surface area contributed by atoms with Gasteiger partial charge in [-0.3, -0.25) is 9.59 Å². The fourth-order valence-electron chi connectivity index (χ4n) is 5.08. The molecule has 2 heterocycles. The number of esters is 1. The summed E-state index contributed by atoms with van der Waals surface area (Å²) < 4.78 is 5.66. The Kier molecular flexibility index (Phi) is 9.04. The Balaban J connectivity index is 1.19. The molecule has 210 valence electrons. The third kappa shape index (κ3) is 6.83. The van der Waals surface area contributed by atoms with Crippen molar-refractivity contribution >= 4 is 46.7 Å². The van der Waals surface area contributed by atoms with Crippen LogP contribution in [0.5, 0.6) is 0 Å². The zero-order chi connectivity index (χ0) is 28.1. The van der Waals surface area contributed by atoms with Crippen molar-refractivity contribution in [3.8, 4) is 11.3 Å². The largest absolute Gasteiger partial charge is 0.461 e. The van der Waals surface area contributed by atoms with E-state index in [1.807, 2.05) is 12.1 Å². The van der Waals surface area contributed by atoms with Crippen molar-refractivity contribution < 1.29 is 14.3 Å². The number of piperidine rings is 1. The average molecular weight is 584 g/mol. The third-order valence-electron chi connectivity index (χ3n) is 7.35. The molecule has 0 bridgehead atoms. The first kappa shape index (κ1) is 28.1. The van der Waals surface area contributed by atoms with Gasteiger partial charge in [-0.05, 0) is 69.3 Å². The second kappa shape index (κ2) is 12.8. The van der Waals surface area contributed by atoms with Crippen molar-refractivity contribution in [2.45, 2.75) is 63.3 Å². The summed E-state index contributed by atoms with van der Waals surface area (Å²) in [6.45, 7) is 0.971. The summed E-state index contributed by atoms with van der Waals surface area (Å²) in [6, 6.07) is 11.9. The number of hydrogen-bond donors (Lipinski definition) is 4. The molecule has 1 aliphatic heterocycles. The molecule has 3 aromatic rings. The number of carbonyl (C=O) groups is 2. The minimum absolute atomic E-state index is 0.0289. The van der Waals surface area contributed by atoms with E-state index in [-0.39, 0.29) is 29.8 Å². The lowest BCUT2D eigenvalue weighted by Gasteiger charge is -2.30. The van der Waals surface area contributed by atoms with Gasteiger partial charge in [0.25, 0.3) is 5.91 Å². The minimum atomic E-state index is -0.400. The van der Waals surface area contributed by atoms with Crippen LogP contribution in [0, 0.1) is 0 Å². The average Bonchev–Trinajstić information content (AvgIpc) is 3.47. The highest BCUT2D eigenvalue weighted by atomic mass is 35.5. The van der Waals surface area contributed by atoms with Crippen molar-refractivity contribution in [2.75, 3.05) is 17.6 Å². The van der Waals surface area contributed by atoms with Gasteiger partial charge >= 0.3 is 5.97 Å². The van der Waals surface area contributed by atoms with Crippen LogP contribution in [0.4, 0.5) is 11.6 Å². The van der Waals surface area contributed by atoms with Crippen LogP contribution in [0.1, 0.15) is 54.4 Å². The van der Waals surface area contributed by atoms with Gasteiger partial charge < -0.3 is 26.4 Å². The fourth-order valence-corrected chi connectivity index (χ4v) is 5.61. The monoisotopic (exact) mass is 582 g/mol. The maximum atomic E-state index is 13.0. The molecule has 1 unspecified atom stereocenters. The quantitative estimate of drug-likeness (QED) is 0.273. The molecular formula is C29H32Cl2N6O3. The molecule has 1 aliphatic carbocycles. The van der Waals surface area contributed by atoms with E-state index in [9.17, 15) is 9.59 Å². The SMILES string of the molecule is Nc1ncc(-c2ccc(C(=O)NC3CCN[C@@H](C(=O)OC4CCCC4)C3)cc2)nc1NCc1c(Cl)cccc1Cl. The normalized spacial score (nSPS) is 19.2. The highest BCUT2D eigenvalue weighted by Crippen LogP contribution is 2.27. The fraction of sp³-hybridized carbons (Fsp3) is 0.379. The lowest BCUT2D eigenvalue weighted by Crippen LogP contribution is -2.51. The third-order valence-corrected chi connectivity index (χ3v) is 8.05. The van der Waals surface area contributed by atoms with Crippen molar-refractivity contribution in [1.82, 2.24) is 20.6 Å². The van der Waals surface area contributed by atoms with E-state index in [2.05, 4.69) is 25.9 Å². The standard InChI is InChI=1S/C29H32Cl2N6O3/c30-22-6-3-7-23(31)21(22)15-35-27-26(32)34-16-25(37-27)17-8-10-18(11-9-17)28(38)36-19-12-13-33-24(14-19)29(39)40-20-4-1-2-5-20/h3,6-11,16,19-20,24,33H,1-2,4-5,12-15H2,(H2,32,34)(H,35,37)(H,36,38)/t19?,24-/m1/s1. The number of nitrogens with zero attached hydrogens (tertiary/aromatic N) is 2. The first-order valence-electron chi connectivity index (χ1n) is 13.5. The van der Waals surface area contributed by atoms with E-state index in [1.165, 1.54) is 0 Å². The Morgan fingerprint density at radius 2 is 1.77 bits per heavy atom. The summed E-state index contributed by atoms with van der Waals surface area (Å²) >= 11 is 12.5. The molecule has 2 fully saturated rings. The molecule has 2 aromatic carbocycles. The number of benzene rings is 2. The van der Waals surface area contributed by atoms with Crippen LogP contribution in [-0.2, 0) is 16.1 Å². The van der Waals surface area contributed by atoms with Crippen LogP contribution in [-0.4, -0.2) is 46.6 Å². The van der Waals surface area contributed by atoms with Crippen molar-refractivity contribution in [3.63, 3.8) is 0 Å². The molecule has 1 saturated heterocycles. The van der Waals surface area contributed by atoms with Crippen LogP contribution < -0.4 is 21.7 Å². The molecule has 0 spiro atoms. The number of nitrogen functional groups attached to an aromatic ring is 1. The molecule has 1 amide bonds. The molecule has 5 rings (SSSR count). The zero-order valence-electron chi connectivity index (χ0n) is 22.0. The van der Waals surface area contributed by atoms with E-state index in [0.717, 1.165) is 43.2 Å². The second-order valence-electron chi connectivity index (χ2n) is 10.2. The lowest BCUT2D eigenvalue weighted by atomic mass is 9.98. The summed E-state index contributed by atoms with van der Waals surface area (Å²) in [7, 11) is 0. The minimum Gasteiger partial charge on any atom is -0.461 e. The molecule has 5 N–H and O–H groups in total. The molecule has 2 atom stereocenters. The van der Waals surface area contributed by atoms with Crippen LogP contribution in [0.3, 0.4) is 0 Å². The van der Waals surface area contributed by atoms with Crippen LogP contribution in [0.25, 0.3) is 11.3 Å². The van der Waals surface area contributed by atoms with Gasteiger partial charge in [0.05, 0.1) is 11.9 Å². The summed E-state index contributed by atoms with van der Waals surface area (Å²) in [5, 5.41) is 10.5. The molecule has 1 aromatic heterocycles. The van der Waals surface area contributed by atoms with Crippen molar-refractivity contribution in [1.29, 1.82) is 0 Å². The number of hydrogen-bond acceptors (Lipinski definition) is 8. The van der Waals surface area contributed by atoms with Gasteiger partial charge in [-0.15, -0.1) is 0 Å². The number of nitrogens with one attached hydrogen (secondary N) is 3. The van der Waals surface area contributed by atoms with Gasteiger partial charge in [0, 0.05) is 39.3 Å². The first-order chi connectivity index (χ1) is 19.4. The van der Waals surface area contributed by atoms with E-state index in [1.54, 1.807) is 36.5 Å². The number of halogens is 2. The van der Waals surface area contributed by atoms with Gasteiger partial charge in [0.1, 0.15) is 12.1 Å². The number of carbonyl (C=O) groups excluding carboxylic acids is 2. The predicted octanol–water partition coefficient (Wildman–Crippen LogP) is 4.98. The summed E-state index contributed by atoms with van der Waals surface area (Å²) in [4.78, 5) is 34.4. The van der Waals surface area contributed by atoms with Crippen molar-refractivity contribution in [2.24, 2.45) is 0 Å². The molecule has 11 heteroatoms.